The SMILES string of the molecule is C.C.C.CC(C)(C)C(O)C(O)C(C)(C)C.CC(C)(C)OC(C)(C)OC(C)(C)C.CC(C)OCC(=O)C(C)C. The molecule has 6 heteroatoms. The molecule has 0 heterocycles. The van der Waals surface area contributed by atoms with Crippen molar-refractivity contribution >= 4 is 5.78 Å². The van der Waals surface area contributed by atoms with Crippen molar-refractivity contribution in [2.45, 2.75) is 182 Å². The largest absolute Gasteiger partial charge is 0.390 e. The number of ether oxygens (including phenoxy) is 3. The van der Waals surface area contributed by atoms with Crippen LogP contribution in [-0.2, 0) is 19.0 Å². The standard InChI is InChI=1S/C11H24O2.C10H22O2.C8H16O2.3CH4/c1-9(2,3)12-11(7,8)13-10(4,5)6;1-9(2,3)7(11)8(12)10(4,5)6;1-6(2)8(9)5-10-7(3)4;;;/h1-8H3;7-8,11-12H,1-6H3;6-7H,5H2,1-4H3;3*1H4. The Kier molecular flexibility index (Phi) is 25.9. The van der Waals surface area contributed by atoms with Crippen molar-refractivity contribution < 1.29 is 29.2 Å². The molecule has 0 bridgehead atoms. The van der Waals surface area contributed by atoms with Gasteiger partial charge in [0.15, 0.2) is 11.6 Å². The molecule has 0 amide bonds. The van der Waals surface area contributed by atoms with E-state index in [4.69, 9.17) is 14.2 Å². The van der Waals surface area contributed by atoms with Crippen molar-refractivity contribution in [3.05, 3.63) is 0 Å². The van der Waals surface area contributed by atoms with E-state index in [0.29, 0.717) is 0 Å². The zero-order valence-corrected chi connectivity index (χ0v) is 26.5. The van der Waals surface area contributed by atoms with Crippen molar-refractivity contribution in [1.29, 1.82) is 0 Å². The number of carbonyl (C=O) groups excluding carboxylic acids is 1. The molecule has 38 heavy (non-hydrogen) atoms. The van der Waals surface area contributed by atoms with Crippen LogP contribution in [0.25, 0.3) is 0 Å². The van der Waals surface area contributed by atoms with Crippen molar-refractivity contribution in [3.63, 3.8) is 0 Å². The van der Waals surface area contributed by atoms with Gasteiger partial charge in [-0.2, -0.15) is 0 Å². The van der Waals surface area contributed by atoms with Crippen LogP contribution in [0.4, 0.5) is 0 Å². The lowest BCUT2D eigenvalue weighted by Gasteiger charge is -2.38. The first-order valence-corrected chi connectivity index (χ1v) is 12.9. The van der Waals surface area contributed by atoms with E-state index in [-0.39, 0.29) is 68.7 Å². The first kappa shape index (κ1) is 50.3. The van der Waals surface area contributed by atoms with Crippen molar-refractivity contribution in [3.8, 4) is 0 Å². The molecule has 0 aliphatic carbocycles. The zero-order chi connectivity index (χ0) is 29.2. The monoisotopic (exact) mass is 555 g/mol. The molecule has 0 aliphatic heterocycles. The molecule has 0 radical (unpaired) electrons. The Morgan fingerprint density at radius 3 is 1.03 bits per heavy atom. The van der Waals surface area contributed by atoms with E-state index in [1.807, 2.05) is 125 Å². The lowest BCUT2D eigenvalue weighted by atomic mass is 9.76. The Balaban J connectivity index is -0.0000000980. The normalized spacial score (nSPS) is 13.9. The minimum atomic E-state index is -0.669. The van der Waals surface area contributed by atoms with Gasteiger partial charge in [-0.15, -0.1) is 0 Å². The Bertz CT molecular complexity index is 531. The van der Waals surface area contributed by atoms with E-state index in [1.165, 1.54) is 0 Å². The highest BCUT2D eigenvalue weighted by molar-refractivity contribution is 5.81. The maximum Gasteiger partial charge on any atom is 0.164 e. The number of Topliss-reactive ketones (excluding diaryl/α,β-unsaturated/α-hetero) is 1. The molecule has 0 saturated heterocycles. The quantitative estimate of drug-likeness (QED) is 0.306. The van der Waals surface area contributed by atoms with Crippen LogP contribution in [0.2, 0.25) is 0 Å². The molecule has 2 unspecified atom stereocenters. The van der Waals surface area contributed by atoms with Crippen LogP contribution in [0.5, 0.6) is 0 Å². The van der Waals surface area contributed by atoms with Gasteiger partial charge in [-0.1, -0.05) is 77.7 Å². The van der Waals surface area contributed by atoms with E-state index < -0.39 is 18.0 Å². The molecule has 238 valence electrons. The van der Waals surface area contributed by atoms with E-state index in [1.54, 1.807) is 0 Å². The van der Waals surface area contributed by atoms with Crippen molar-refractivity contribution in [2.24, 2.45) is 16.7 Å². The highest BCUT2D eigenvalue weighted by Crippen LogP contribution is 2.30. The number of aliphatic hydroxyl groups excluding tert-OH is 2. The van der Waals surface area contributed by atoms with Crippen molar-refractivity contribution in [2.75, 3.05) is 6.61 Å². The van der Waals surface area contributed by atoms with Gasteiger partial charge >= 0.3 is 0 Å². The summed E-state index contributed by atoms with van der Waals surface area (Å²) in [6, 6.07) is 0. The Morgan fingerprint density at radius 2 is 0.868 bits per heavy atom. The van der Waals surface area contributed by atoms with Crippen LogP contribution < -0.4 is 0 Å². The molecule has 6 nitrogen and oxygen atoms in total. The molecule has 2 atom stereocenters. The number of aliphatic hydroxyl groups is 2. The fourth-order valence-electron chi connectivity index (χ4n) is 2.86. The van der Waals surface area contributed by atoms with Gasteiger partial charge in [0.25, 0.3) is 0 Å². The Labute approximate surface area is 240 Å². The summed E-state index contributed by atoms with van der Waals surface area (Å²) >= 11 is 0. The van der Waals surface area contributed by atoms with Gasteiger partial charge in [0.1, 0.15) is 6.61 Å². The molecule has 0 aromatic heterocycles. The van der Waals surface area contributed by atoms with Gasteiger partial charge in [-0.05, 0) is 80.1 Å². The fourth-order valence-corrected chi connectivity index (χ4v) is 2.86. The number of rotatable bonds is 7. The molecule has 0 fully saturated rings. The van der Waals surface area contributed by atoms with Gasteiger partial charge in [-0.3, -0.25) is 4.79 Å². The highest BCUT2D eigenvalue weighted by Gasteiger charge is 2.36. The second-order valence-corrected chi connectivity index (χ2v) is 14.4. The third-order valence-electron chi connectivity index (χ3n) is 4.38. The molecule has 0 aliphatic rings. The maximum atomic E-state index is 10.9. The summed E-state index contributed by atoms with van der Waals surface area (Å²) in [6.45, 7) is 35.5. The predicted molar refractivity (Wildman–Crippen MR) is 168 cm³/mol. The highest BCUT2D eigenvalue weighted by atomic mass is 16.7. The topological polar surface area (TPSA) is 85.2 Å². The number of hydrogen-bond acceptors (Lipinski definition) is 6. The average molecular weight is 555 g/mol. The fraction of sp³-hybridized carbons (Fsp3) is 0.969. The summed E-state index contributed by atoms with van der Waals surface area (Å²) in [5, 5.41) is 19.5. The van der Waals surface area contributed by atoms with Crippen LogP contribution >= 0.6 is 0 Å². The second kappa shape index (κ2) is 19.5. The Hall–Kier alpha value is -0.530. The molecule has 0 aromatic rings. The first-order chi connectivity index (χ1) is 15.0. The summed E-state index contributed by atoms with van der Waals surface area (Å²) in [5.74, 6) is -0.260. The number of hydrogen-bond donors (Lipinski definition) is 2. The third-order valence-corrected chi connectivity index (χ3v) is 4.38. The van der Waals surface area contributed by atoms with E-state index in [0.717, 1.165) is 0 Å². The molecule has 0 saturated carbocycles. The number of carbonyl (C=O) groups is 1. The molecule has 2 N–H and O–H groups in total. The molecular formula is C32H74O6. The van der Waals surface area contributed by atoms with Crippen LogP contribution in [-0.4, -0.2) is 57.9 Å². The van der Waals surface area contributed by atoms with Gasteiger partial charge in [0.05, 0.1) is 29.5 Å². The van der Waals surface area contributed by atoms with E-state index in [9.17, 15) is 15.0 Å². The summed E-state index contributed by atoms with van der Waals surface area (Å²) in [6.07, 6.45) is -1.18. The van der Waals surface area contributed by atoms with E-state index in [2.05, 4.69) is 0 Å². The van der Waals surface area contributed by atoms with E-state index >= 15 is 0 Å². The summed E-state index contributed by atoms with van der Waals surface area (Å²) in [4.78, 5) is 10.9. The molecule has 0 aromatic carbocycles. The van der Waals surface area contributed by atoms with Gasteiger partial charge < -0.3 is 24.4 Å². The minimum absolute atomic E-state index is 0. The Morgan fingerprint density at radius 1 is 0.605 bits per heavy atom. The van der Waals surface area contributed by atoms with Crippen molar-refractivity contribution in [1.82, 2.24) is 0 Å². The smallest absolute Gasteiger partial charge is 0.164 e. The third kappa shape index (κ3) is 31.7. The van der Waals surface area contributed by atoms with Crippen LogP contribution in [0.3, 0.4) is 0 Å². The average Bonchev–Trinajstić information content (AvgIpc) is 2.52. The molecular weight excluding hydrogens is 480 g/mol. The summed E-state index contributed by atoms with van der Waals surface area (Å²) < 4.78 is 16.7. The number of ketones is 1. The maximum absolute atomic E-state index is 10.9. The van der Waals surface area contributed by atoms with Gasteiger partial charge in [0, 0.05) is 5.92 Å². The first-order valence-electron chi connectivity index (χ1n) is 12.9. The summed E-state index contributed by atoms with van der Waals surface area (Å²) in [5.41, 5.74) is -0.858. The molecule has 0 rings (SSSR count). The lowest BCUT2D eigenvalue weighted by Crippen LogP contribution is -2.44. The van der Waals surface area contributed by atoms with Gasteiger partial charge in [0.2, 0.25) is 0 Å². The van der Waals surface area contributed by atoms with Gasteiger partial charge in [-0.25, -0.2) is 0 Å². The van der Waals surface area contributed by atoms with Crippen LogP contribution in [0, 0.1) is 16.7 Å². The lowest BCUT2D eigenvalue weighted by molar-refractivity contribution is -0.291. The molecule has 0 spiro atoms. The minimum Gasteiger partial charge on any atom is -0.390 e. The van der Waals surface area contributed by atoms with Crippen LogP contribution in [0.15, 0.2) is 0 Å². The zero-order valence-electron chi connectivity index (χ0n) is 26.5. The van der Waals surface area contributed by atoms with Crippen LogP contribution in [0.1, 0.15) is 147 Å². The summed E-state index contributed by atoms with van der Waals surface area (Å²) in [7, 11) is 0. The predicted octanol–water partition coefficient (Wildman–Crippen LogP) is 8.70. The second-order valence-electron chi connectivity index (χ2n) is 14.4.